The topological polar surface area (TPSA) is 113 Å². The van der Waals surface area contributed by atoms with E-state index in [0.29, 0.717) is 5.56 Å². The minimum absolute atomic E-state index is 0.0477. The molecule has 0 saturated heterocycles. The first kappa shape index (κ1) is 12.7. The van der Waals surface area contributed by atoms with Crippen molar-refractivity contribution in [3.8, 4) is 6.07 Å². The van der Waals surface area contributed by atoms with Gasteiger partial charge in [0.2, 0.25) is 0 Å². The number of aromatic carboxylic acids is 1. The molecule has 6 heteroatoms. The van der Waals surface area contributed by atoms with E-state index in [0.717, 1.165) is 0 Å². The molecular weight excluding hydrogens is 224 g/mol. The number of rotatable bonds is 4. The molecule has 0 spiro atoms. The Kier molecular flexibility index (Phi) is 4.20. The summed E-state index contributed by atoms with van der Waals surface area (Å²) in [4.78, 5) is 26.2. The lowest BCUT2D eigenvalue weighted by Gasteiger charge is -2.06. The highest BCUT2D eigenvalue weighted by molar-refractivity contribution is 5.94. The Morgan fingerprint density at radius 2 is 2.18 bits per heavy atom. The van der Waals surface area contributed by atoms with Gasteiger partial charge in [0.1, 0.15) is 0 Å². The predicted octanol–water partition coefficient (Wildman–Crippen LogP) is 0.871. The van der Waals surface area contributed by atoms with E-state index < -0.39 is 11.9 Å². The van der Waals surface area contributed by atoms with Crippen LogP contribution in [-0.4, -0.2) is 17.0 Å². The van der Waals surface area contributed by atoms with Crippen LogP contribution in [0.5, 0.6) is 0 Å². The molecular formula is C11H10N2O4. The molecule has 0 saturated carbocycles. The van der Waals surface area contributed by atoms with Gasteiger partial charge < -0.3 is 9.94 Å². The quantitative estimate of drug-likeness (QED) is 0.747. The minimum atomic E-state index is -1.10. The van der Waals surface area contributed by atoms with Crippen molar-refractivity contribution in [2.75, 3.05) is 0 Å². The van der Waals surface area contributed by atoms with E-state index in [9.17, 15) is 9.59 Å². The fourth-order valence-electron chi connectivity index (χ4n) is 1.39. The molecule has 0 heterocycles. The predicted molar refractivity (Wildman–Crippen MR) is 56.9 cm³/mol. The molecule has 6 nitrogen and oxygen atoms in total. The van der Waals surface area contributed by atoms with Gasteiger partial charge in [0.15, 0.2) is 0 Å². The van der Waals surface area contributed by atoms with Gasteiger partial charge >= 0.3 is 11.9 Å². The van der Waals surface area contributed by atoms with Crippen molar-refractivity contribution >= 4 is 11.9 Å². The molecule has 88 valence electrons. The van der Waals surface area contributed by atoms with E-state index in [1.807, 2.05) is 6.07 Å². The van der Waals surface area contributed by atoms with Crippen molar-refractivity contribution in [2.45, 2.75) is 12.8 Å². The van der Waals surface area contributed by atoms with Crippen LogP contribution < -0.4 is 5.90 Å². The van der Waals surface area contributed by atoms with E-state index >= 15 is 0 Å². The number of benzene rings is 1. The number of carboxylic acids is 1. The summed E-state index contributed by atoms with van der Waals surface area (Å²) in [5, 5.41) is 17.3. The third-order valence-electron chi connectivity index (χ3n) is 2.19. The lowest BCUT2D eigenvalue weighted by Crippen LogP contribution is -2.13. The molecule has 0 fully saturated rings. The first-order valence-corrected chi connectivity index (χ1v) is 4.74. The summed E-state index contributed by atoms with van der Waals surface area (Å²) >= 11 is 0. The largest absolute Gasteiger partial charge is 0.478 e. The van der Waals surface area contributed by atoms with Crippen LogP contribution in [0.2, 0.25) is 0 Å². The van der Waals surface area contributed by atoms with E-state index in [1.54, 1.807) is 0 Å². The molecule has 1 rings (SSSR count). The van der Waals surface area contributed by atoms with Crippen molar-refractivity contribution in [3.63, 3.8) is 0 Å². The van der Waals surface area contributed by atoms with Crippen LogP contribution in [0.4, 0.5) is 0 Å². The molecule has 0 radical (unpaired) electrons. The van der Waals surface area contributed by atoms with Gasteiger partial charge in [0.25, 0.3) is 0 Å². The van der Waals surface area contributed by atoms with Gasteiger partial charge in [-0.25, -0.2) is 9.59 Å². The second-order valence-corrected chi connectivity index (χ2v) is 3.24. The smallest absolute Gasteiger partial charge is 0.356 e. The van der Waals surface area contributed by atoms with Crippen molar-refractivity contribution < 1.29 is 19.5 Å². The maximum absolute atomic E-state index is 11.3. The number of nitrogens with two attached hydrogens (primary N) is 1. The van der Waals surface area contributed by atoms with Gasteiger partial charge in [-0.3, -0.25) is 0 Å². The maximum Gasteiger partial charge on any atom is 0.356 e. The van der Waals surface area contributed by atoms with Gasteiger partial charge in [-0.05, 0) is 30.2 Å². The highest BCUT2D eigenvalue weighted by Gasteiger charge is 2.14. The molecule has 0 unspecified atom stereocenters. The molecule has 0 aliphatic rings. The van der Waals surface area contributed by atoms with Crippen molar-refractivity contribution in [3.05, 3.63) is 34.9 Å². The van der Waals surface area contributed by atoms with Gasteiger partial charge in [-0.15, -0.1) is 0 Å². The van der Waals surface area contributed by atoms with Crippen molar-refractivity contribution in [2.24, 2.45) is 5.90 Å². The van der Waals surface area contributed by atoms with Crippen LogP contribution in [0.25, 0.3) is 0 Å². The summed E-state index contributed by atoms with van der Waals surface area (Å²) < 4.78 is 0. The molecule has 0 aromatic heterocycles. The number of nitrogens with zero attached hydrogens (tertiary/aromatic N) is 1. The molecule has 3 N–H and O–H groups in total. The average molecular weight is 234 g/mol. The number of aryl methyl sites for hydroxylation is 1. The maximum atomic E-state index is 11.3. The molecule has 0 amide bonds. The summed E-state index contributed by atoms with van der Waals surface area (Å²) in [6, 6.07) is 5.86. The highest BCUT2D eigenvalue weighted by Crippen LogP contribution is 2.15. The van der Waals surface area contributed by atoms with E-state index in [4.69, 9.17) is 16.3 Å². The first-order valence-electron chi connectivity index (χ1n) is 4.74. The highest BCUT2D eigenvalue weighted by atomic mass is 16.7. The Hall–Kier alpha value is -2.39. The molecule has 17 heavy (non-hydrogen) atoms. The number of carbonyl (C=O) groups excluding carboxylic acids is 1. The summed E-state index contributed by atoms with van der Waals surface area (Å²) in [7, 11) is 0. The standard InChI is InChI=1S/C11H10N2O4/c12-5-1-2-7-6-8(10(14)15)3-4-9(7)11(16)17-13/h3-4,6H,1-2,13H2,(H,14,15). The fraction of sp³-hybridized carbons (Fsp3) is 0.182. The number of carboxylic acid groups (broad SMARTS) is 1. The number of hydrogen-bond acceptors (Lipinski definition) is 5. The Morgan fingerprint density at radius 1 is 1.47 bits per heavy atom. The van der Waals surface area contributed by atoms with Crippen LogP contribution in [-0.2, 0) is 11.3 Å². The lowest BCUT2D eigenvalue weighted by molar-refractivity contribution is 0.0501. The van der Waals surface area contributed by atoms with Crippen LogP contribution in [0.15, 0.2) is 18.2 Å². The zero-order valence-electron chi connectivity index (χ0n) is 8.84. The summed E-state index contributed by atoms with van der Waals surface area (Å²) in [5.41, 5.74) is 0.654. The second kappa shape index (κ2) is 5.63. The van der Waals surface area contributed by atoms with E-state index in [2.05, 4.69) is 4.84 Å². The van der Waals surface area contributed by atoms with E-state index in [-0.39, 0.29) is 24.0 Å². The monoisotopic (exact) mass is 234 g/mol. The van der Waals surface area contributed by atoms with Gasteiger partial charge in [0, 0.05) is 6.42 Å². The average Bonchev–Trinajstić information content (AvgIpc) is 2.34. The van der Waals surface area contributed by atoms with Crippen LogP contribution in [0, 0.1) is 11.3 Å². The zero-order valence-corrected chi connectivity index (χ0v) is 8.84. The van der Waals surface area contributed by atoms with Crippen LogP contribution >= 0.6 is 0 Å². The summed E-state index contributed by atoms with van der Waals surface area (Å²) in [5.74, 6) is 2.91. The molecule has 1 aromatic rings. The third kappa shape index (κ3) is 3.03. The number of nitriles is 1. The van der Waals surface area contributed by atoms with E-state index in [1.165, 1.54) is 18.2 Å². The first-order chi connectivity index (χ1) is 8.10. The Labute approximate surface area is 97.2 Å². The lowest BCUT2D eigenvalue weighted by atomic mass is 10.00. The number of carbonyl (C=O) groups is 2. The third-order valence-corrected chi connectivity index (χ3v) is 2.19. The number of hydrogen-bond donors (Lipinski definition) is 2. The molecule has 0 aliphatic carbocycles. The normalized spacial score (nSPS) is 9.41. The van der Waals surface area contributed by atoms with Crippen LogP contribution in [0.3, 0.4) is 0 Å². The Bertz CT molecular complexity index is 491. The SMILES string of the molecule is N#CCCc1cc(C(=O)O)ccc1C(=O)ON. The van der Waals surface area contributed by atoms with Crippen LogP contribution in [0.1, 0.15) is 32.7 Å². The van der Waals surface area contributed by atoms with Gasteiger partial charge in [0.05, 0.1) is 17.2 Å². The van der Waals surface area contributed by atoms with Gasteiger partial charge in [-0.2, -0.15) is 11.2 Å². The van der Waals surface area contributed by atoms with Gasteiger partial charge in [-0.1, -0.05) is 0 Å². The molecule has 0 aliphatic heterocycles. The fourth-order valence-corrected chi connectivity index (χ4v) is 1.39. The second-order valence-electron chi connectivity index (χ2n) is 3.24. The zero-order chi connectivity index (χ0) is 12.8. The minimum Gasteiger partial charge on any atom is -0.478 e. The van der Waals surface area contributed by atoms with Crippen molar-refractivity contribution in [1.82, 2.24) is 0 Å². The molecule has 0 atom stereocenters. The van der Waals surface area contributed by atoms with Crippen molar-refractivity contribution in [1.29, 1.82) is 5.26 Å². The Morgan fingerprint density at radius 3 is 2.71 bits per heavy atom. The summed E-state index contributed by atoms with van der Waals surface area (Å²) in [6.07, 6.45) is 0.440. The molecule has 0 bridgehead atoms. The summed E-state index contributed by atoms with van der Waals surface area (Å²) in [6.45, 7) is 0. The Balaban J connectivity index is 3.17. The molecule has 1 aromatic carbocycles.